The number of likely N-dealkylation sites (tertiary alicyclic amines) is 1. The van der Waals surface area contributed by atoms with Crippen LogP contribution < -0.4 is 5.73 Å². The monoisotopic (exact) mass is 279 g/mol. The van der Waals surface area contributed by atoms with Crippen LogP contribution in [0.4, 0.5) is 0 Å². The van der Waals surface area contributed by atoms with Crippen LogP contribution in [0, 0.1) is 5.92 Å². The molecule has 0 bridgehead atoms. The molecule has 18 heavy (non-hydrogen) atoms. The zero-order chi connectivity index (χ0) is 12.5. The molecule has 2 N–H and O–H groups in total. The average molecular weight is 279 g/mol. The molecule has 0 radical (unpaired) electrons. The SMILES string of the molecule is CC1CN(Cc2cnc(-c3ccsc3)s2)CC1N. The highest BCUT2D eigenvalue weighted by Crippen LogP contribution is 2.28. The van der Waals surface area contributed by atoms with Crippen molar-refractivity contribution in [3.05, 3.63) is 27.9 Å². The van der Waals surface area contributed by atoms with Crippen LogP contribution in [-0.2, 0) is 6.54 Å². The maximum atomic E-state index is 6.05. The Morgan fingerprint density at radius 3 is 3.06 bits per heavy atom. The Balaban J connectivity index is 1.68. The first kappa shape index (κ1) is 12.3. The molecule has 0 amide bonds. The van der Waals surface area contributed by atoms with Gasteiger partial charge in [0.25, 0.3) is 0 Å². The number of nitrogens with two attached hydrogens (primary N) is 1. The van der Waals surface area contributed by atoms with Crippen molar-refractivity contribution in [3.63, 3.8) is 0 Å². The van der Waals surface area contributed by atoms with Gasteiger partial charge in [0, 0.05) is 47.7 Å². The van der Waals surface area contributed by atoms with Gasteiger partial charge in [-0.3, -0.25) is 4.90 Å². The first-order valence-electron chi connectivity index (χ1n) is 6.17. The summed E-state index contributed by atoms with van der Waals surface area (Å²) < 4.78 is 0. The van der Waals surface area contributed by atoms with E-state index in [0.717, 1.165) is 24.6 Å². The molecule has 2 atom stereocenters. The van der Waals surface area contributed by atoms with Gasteiger partial charge in [-0.15, -0.1) is 11.3 Å². The maximum absolute atomic E-state index is 6.05. The summed E-state index contributed by atoms with van der Waals surface area (Å²) in [5.74, 6) is 0.606. The van der Waals surface area contributed by atoms with E-state index in [1.807, 2.05) is 6.20 Å². The Bertz CT molecular complexity index is 496. The van der Waals surface area contributed by atoms with Crippen LogP contribution in [0.15, 0.2) is 23.0 Å². The lowest BCUT2D eigenvalue weighted by Crippen LogP contribution is -2.28. The molecule has 96 valence electrons. The van der Waals surface area contributed by atoms with Crippen molar-refractivity contribution in [1.29, 1.82) is 0 Å². The summed E-state index contributed by atoms with van der Waals surface area (Å²) in [5.41, 5.74) is 7.29. The number of nitrogens with zero attached hydrogens (tertiary/aromatic N) is 2. The molecule has 3 nitrogen and oxygen atoms in total. The smallest absolute Gasteiger partial charge is 0.124 e. The predicted octanol–water partition coefficient (Wildman–Crippen LogP) is 2.65. The van der Waals surface area contributed by atoms with Crippen molar-refractivity contribution >= 4 is 22.7 Å². The van der Waals surface area contributed by atoms with Crippen LogP contribution in [-0.4, -0.2) is 29.0 Å². The van der Waals surface area contributed by atoms with Gasteiger partial charge in [0.1, 0.15) is 5.01 Å². The molecular weight excluding hydrogens is 262 g/mol. The molecule has 2 aromatic rings. The van der Waals surface area contributed by atoms with Crippen LogP contribution in [0.2, 0.25) is 0 Å². The molecule has 1 aliphatic rings. The van der Waals surface area contributed by atoms with E-state index < -0.39 is 0 Å². The number of thiophene rings is 1. The second kappa shape index (κ2) is 5.09. The van der Waals surface area contributed by atoms with Gasteiger partial charge in [0.05, 0.1) is 0 Å². The average Bonchev–Trinajstić information content (AvgIpc) is 3.02. The topological polar surface area (TPSA) is 42.2 Å². The minimum absolute atomic E-state index is 0.328. The fourth-order valence-corrected chi connectivity index (χ4v) is 4.01. The number of rotatable bonds is 3. The van der Waals surface area contributed by atoms with Crippen molar-refractivity contribution in [1.82, 2.24) is 9.88 Å². The molecular formula is C13H17N3S2. The Morgan fingerprint density at radius 2 is 2.39 bits per heavy atom. The van der Waals surface area contributed by atoms with Crippen molar-refractivity contribution in [2.45, 2.75) is 19.5 Å². The predicted molar refractivity (Wildman–Crippen MR) is 77.8 cm³/mol. The standard InChI is InChI=1S/C13H17N3S2/c1-9-5-16(7-12(9)14)6-11-4-15-13(18-11)10-2-3-17-8-10/h2-4,8-9,12H,5-7,14H2,1H3. The maximum Gasteiger partial charge on any atom is 0.124 e. The largest absolute Gasteiger partial charge is 0.326 e. The summed E-state index contributed by atoms with van der Waals surface area (Å²) >= 11 is 3.51. The summed E-state index contributed by atoms with van der Waals surface area (Å²) in [6.07, 6.45) is 2.01. The molecule has 1 fully saturated rings. The summed E-state index contributed by atoms with van der Waals surface area (Å²) in [5, 5.41) is 5.37. The number of aromatic nitrogens is 1. The van der Waals surface area contributed by atoms with Gasteiger partial charge in [-0.2, -0.15) is 11.3 Å². The van der Waals surface area contributed by atoms with Crippen molar-refractivity contribution < 1.29 is 0 Å². The fourth-order valence-electron chi connectivity index (χ4n) is 2.34. The zero-order valence-corrected chi connectivity index (χ0v) is 12.0. The Kier molecular flexibility index (Phi) is 3.48. The molecule has 0 saturated carbocycles. The second-order valence-corrected chi connectivity index (χ2v) is 6.87. The lowest BCUT2D eigenvalue weighted by atomic mass is 10.1. The third kappa shape index (κ3) is 2.49. The highest BCUT2D eigenvalue weighted by atomic mass is 32.1. The second-order valence-electron chi connectivity index (χ2n) is 4.98. The van der Waals surface area contributed by atoms with Crippen molar-refractivity contribution in [3.8, 4) is 10.6 Å². The molecule has 1 saturated heterocycles. The van der Waals surface area contributed by atoms with Crippen molar-refractivity contribution in [2.75, 3.05) is 13.1 Å². The van der Waals surface area contributed by atoms with E-state index in [-0.39, 0.29) is 0 Å². The molecule has 5 heteroatoms. The van der Waals surface area contributed by atoms with Crippen LogP contribution in [0.25, 0.3) is 10.6 Å². The molecule has 0 aliphatic carbocycles. The molecule has 0 spiro atoms. The highest BCUT2D eigenvalue weighted by molar-refractivity contribution is 7.15. The molecule has 2 aromatic heterocycles. The Morgan fingerprint density at radius 1 is 1.50 bits per heavy atom. The first-order chi connectivity index (χ1) is 8.72. The van der Waals surface area contributed by atoms with Crippen LogP contribution in [0.5, 0.6) is 0 Å². The Hall–Kier alpha value is -0.750. The van der Waals surface area contributed by atoms with Crippen LogP contribution in [0.1, 0.15) is 11.8 Å². The van der Waals surface area contributed by atoms with Gasteiger partial charge in [0.15, 0.2) is 0 Å². The molecule has 0 aromatic carbocycles. The lowest BCUT2D eigenvalue weighted by Gasteiger charge is -2.12. The van der Waals surface area contributed by atoms with Gasteiger partial charge in [-0.05, 0) is 17.4 Å². The van der Waals surface area contributed by atoms with Gasteiger partial charge >= 0.3 is 0 Å². The Labute approximate surface area is 115 Å². The summed E-state index contributed by atoms with van der Waals surface area (Å²) in [6, 6.07) is 2.45. The molecule has 2 unspecified atom stereocenters. The summed E-state index contributed by atoms with van der Waals surface area (Å²) in [7, 11) is 0. The van der Waals surface area contributed by atoms with E-state index in [1.54, 1.807) is 22.7 Å². The fraction of sp³-hybridized carbons (Fsp3) is 0.462. The van der Waals surface area contributed by atoms with E-state index in [9.17, 15) is 0 Å². The van der Waals surface area contributed by atoms with Gasteiger partial charge in [0.2, 0.25) is 0 Å². The number of thiazole rings is 1. The van der Waals surface area contributed by atoms with Crippen molar-refractivity contribution in [2.24, 2.45) is 11.7 Å². The third-order valence-electron chi connectivity index (χ3n) is 3.45. The van der Waals surface area contributed by atoms with E-state index >= 15 is 0 Å². The number of hydrogen-bond acceptors (Lipinski definition) is 5. The van der Waals surface area contributed by atoms with E-state index in [2.05, 4.69) is 33.6 Å². The van der Waals surface area contributed by atoms with Gasteiger partial charge in [-0.25, -0.2) is 4.98 Å². The van der Waals surface area contributed by atoms with E-state index in [4.69, 9.17) is 5.73 Å². The summed E-state index contributed by atoms with van der Waals surface area (Å²) in [4.78, 5) is 8.27. The normalized spacial score (nSPS) is 24.8. The number of hydrogen-bond donors (Lipinski definition) is 1. The van der Waals surface area contributed by atoms with E-state index in [1.165, 1.54) is 10.4 Å². The minimum atomic E-state index is 0.328. The highest BCUT2D eigenvalue weighted by Gasteiger charge is 2.26. The van der Waals surface area contributed by atoms with Crippen LogP contribution >= 0.6 is 22.7 Å². The van der Waals surface area contributed by atoms with E-state index in [0.29, 0.717) is 12.0 Å². The molecule has 1 aliphatic heterocycles. The first-order valence-corrected chi connectivity index (χ1v) is 7.93. The molecule has 3 rings (SSSR count). The quantitative estimate of drug-likeness (QED) is 0.939. The lowest BCUT2D eigenvalue weighted by molar-refractivity contribution is 0.321. The van der Waals surface area contributed by atoms with Crippen LogP contribution in [0.3, 0.4) is 0 Å². The molecule has 3 heterocycles. The van der Waals surface area contributed by atoms with Gasteiger partial charge < -0.3 is 5.73 Å². The minimum Gasteiger partial charge on any atom is -0.326 e. The summed E-state index contributed by atoms with van der Waals surface area (Å²) in [6.45, 7) is 5.33. The van der Waals surface area contributed by atoms with Gasteiger partial charge in [-0.1, -0.05) is 6.92 Å². The third-order valence-corrected chi connectivity index (χ3v) is 5.16. The zero-order valence-electron chi connectivity index (χ0n) is 10.4.